The smallest absolute Gasteiger partial charge is 0.328 e. The van der Waals surface area contributed by atoms with Crippen LogP contribution in [0.5, 0.6) is 0 Å². The van der Waals surface area contributed by atoms with Crippen LogP contribution in [0.1, 0.15) is 17.1 Å². The quantitative estimate of drug-likeness (QED) is 0.715. The third kappa shape index (κ3) is 3.23. The zero-order valence-corrected chi connectivity index (χ0v) is 13.4. The van der Waals surface area contributed by atoms with E-state index in [1.807, 2.05) is 28.8 Å². The number of nitrogens with zero attached hydrogens (tertiary/aromatic N) is 2. The Hall–Kier alpha value is -2.30. The second-order valence-electron chi connectivity index (χ2n) is 4.92. The minimum absolute atomic E-state index is 0.465. The summed E-state index contributed by atoms with van der Waals surface area (Å²) in [6.07, 6.45) is 4.83. The average Bonchev–Trinajstić information content (AvgIpc) is 2.87. The van der Waals surface area contributed by atoms with E-state index in [0.29, 0.717) is 22.3 Å². The second kappa shape index (κ2) is 6.44. The summed E-state index contributed by atoms with van der Waals surface area (Å²) in [5, 5.41) is 9.96. The largest absolute Gasteiger partial charge is 0.478 e. The maximum Gasteiger partial charge on any atom is 0.328 e. The van der Waals surface area contributed by atoms with Crippen LogP contribution in [0.25, 0.3) is 11.6 Å². The van der Waals surface area contributed by atoms with E-state index in [4.69, 9.17) is 28.3 Å². The molecule has 0 saturated heterocycles. The van der Waals surface area contributed by atoms with Gasteiger partial charge < -0.3 is 5.11 Å². The second-order valence-corrected chi connectivity index (χ2v) is 5.74. The zero-order valence-electron chi connectivity index (χ0n) is 11.9. The number of fused-ring (bicyclic) bond motifs is 1. The predicted octanol–water partition coefficient (Wildman–Crippen LogP) is 4.33. The van der Waals surface area contributed by atoms with Crippen molar-refractivity contribution in [3.05, 3.63) is 75.8 Å². The van der Waals surface area contributed by atoms with Crippen LogP contribution in [0.2, 0.25) is 10.0 Å². The van der Waals surface area contributed by atoms with Crippen molar-refractivity contribution in [3.63, 3.8) is 0 Å². The van der Waals surface area contributed by atoms with E-state index in [2.05, 4.69) is 4.98 Å². The van der Waals surface area contributed by atoms with Gasteiger partial charge >= 0.3 is 5.97 Å². The van der Waals surface area contributed by atoms with Gasteiger partial charge in [0, 0.05) is 28.7 Å². The fraction of sp³-hybridized carbons (Fsp3) is 0.0588. The van der Waals surface area contributed by atoms with E-state index in [1.165, 1.54) is 6.08 Å². The number of benzene rings is 1. The van der Waals surface area contributed by atoms with E-state index in [9.17, 15) is 4.79 Å². The Morgan fingerprint density at radius 3 is 2.61 bits per heavy atom. The topological polar surface area (TPSA) is 54.6 Å². The fourth-order valence-corrected chi connectivity index (χ4v) is 2.92. The number of aliphatic carboxylic acids is 1. The molecule has 0 spiro atoms. The van der Waals surface area contributed by atoms with Crippen LogP contribution >= 0.6 is 23.2 Å². The van der Waals surface area contributed by atoms with Gasteiger partial charge in [-0.15, -0.1) is 0 Å². The zero-order chi connectivity index (χ0) is 16.4. The standard InChI is InChI=1S/C17H12Cl2N2O2/c18-12-4-3-5-13(19)11(12)10-14-15-6-1-2-9-21(15)16(20-14)7-8-17(22)23/h1-9H,10H2,(H,22,23)/b8-7+. The van der Waals surface area contributed by atoms with Crippen LogP contribution in [0.3, 0.4) is 0 Å². The molecule has 3 rings (SSSR count). The molecule has 0 unspecified atom stereocenters. The maximum absolute atomic E-state index is 10.7. The molecule has 0 radical (unpaired) electrons. The number of carboxylic acids is 1. The van der Waals surface area contributed by atoms with Gasteiger partial charge in [-0.25, -0.2) is 9.78 Å². The first kappa shape index (κ1) is 15.6. The van der Waals surface area contributed by atoms with Crippen molar-refractivity contribution in [2.75, 3.05) is 0 Å². The average molecular weight is 347 g/mol. The molecule has 1 aromatic carbocycles. The highest BCUT2D eigenvalue weighted by molar-refractivity contribution is 6.36. The first-order valence-corrected chi connectivity index (χ1v) is 7.61. The number of rotatable bonds is 4. The number of hydrogen-bond acceptors (Lipinski definition) is 2. The van der Waals surface area contributed by atoms with Crippen molar-refractivity contribution in [2.45, 2.75) is 6.42 Å². The van der Waals surface area contributed by atoms with Crippen molar-refractivity contribution >= 4 is 40.8 Å². The summed E-state index contributed by atoms with van der Waals surface area (Å²) >= 11 is 12.5. The summed E-state index contributed by atoms with van der Waals surface area (Å²) in [5.74, 6) is -0.477. The molecule has 4 nitrogen and oxygen atoms in total. The Morgan fingerprint density at radius 2 is 1.91 bits per heavy atom. The molecule has 23 heavy (non-hydrogen) atoms. The number of carboxylic acid groups (broad SMARTS) is 1. The normalized spacial score (nSPS) is 11.4. The Morgan fingerprint density at radius 1 is 1.17 bits per heavy atom. The molecule has 2 heterocycles. The lowest BCUT2D eigenvalue weighted by Gasteiger charge is -2.05. The van der Waals surface area contributed by atoms with Gasteiger partial charge in [-0.1, -0.05) is 35.3 Å². The van der Waals surface area contributed by atoms with Crippen molar-refractivity contribution in [3.8, 4) is 0 Å². The highest BCUT2D eigenvalue weighted by atomic mass is 35.5. The lowest BCUT2D eigenvalue weighted by atomic mass is 10.1. The van der Waals surface area contributed by atoms with Crippen molar-refractivity contribution in [1.82, 2.24) is 9.38 Å². The van der Waals surface area contributed by atoms with E-state index in [0.717, 1.165) is 22.9 Å². The van der Waals surface area contributed by atoms with Crippen LogP contribution in [-0.4, -0.2) is 20.5 Å². The molecular weight excluding hydrogens is 335 g/mol. The Labute approximate surface area is 142 Å². The number of aromatic nitrogens is 2. The van der Waals surface area contributed by atoms with E-state index in [1.54, 1.807) is 18.2 Å². The van der Waals surface area contributed by atoms with Crippen LogP contribution < -0.4 is 0 Å². The van der Waals surface area contributed by atoms with Gasteiger partial charge in [-0.05, 0) is 35.9 Å². The van der Waals surface area contributed by atoms with Crippen LogP contribution in [0, 0.1) is 0 Å². The molecule has 0 aliphatic heterocycles. The molecule has 0 saturated carbocycles. The van der Waals surface area contributed by atoms with E-state index >= 15 is 0 Å². The van der Waals surface area contributed by atoms with Gasteiger partial charge in [-0.3, -0.25) is 4.40 Å². The summed E-state index contributed by atoms with van der Waals surface area (Å²) in [4.78, 5) is 15.3. The summed E-state index contributed by atoms with van der Waals surface area (Å²) in [6, 6.07) is 11.0. The van der Waals surface area contributed by atoms with E-state index < -0.39 is 5.97 Å². The van der Waals surface area contributed by atoms with E-state index in [-0.39, 0.29) is 0 Å². The Balaban J connectivity index is 2.09. The molecule has 0 bridgehead atoms. The minimum Gasteiger partial charge on any atom is -0.478 e. The third-order valence-corrected chi connectivity index (χ3v) is 4.14. The van der Waals surface area contributed by atoms with Crippen LogP contribution in [0.15, 0.2) is 48.7 Å². The lowest BCUT2D eigenvalue weighted by Crippen LogP contribution is -1.92. The predicted molar refractivity (Wildman–Crippen MR) is 91.1 cm³/mol. The molecule has 0 aliphatic rings. The molecule has 0 amide bonds. The Kier molecular flexibility index (Phi) is 4.37. The summed E-state index contributed by atoms with van der Waals surface area (Å²) in [7, 11) is 0. The first-order chi connectivity index (χ1) is 11.1. The van der Waals surface area contributed by atoms with Gasteiger partial charge in [0.1, 0.15) is 5.82 Å². The van der Waals surface area contributed by atoms with Gasteiger partial charge in [-0.2, -0.15) is 0 Å². The van der Waals surface area contributed by atoms with Gasteiger partial charge in [0.05, 0.1) is 11.2 Å². The Bertz CT molecular complexity index is 896. The van der Waals surface area contributed by atoms with Crippen LogP contribution in [-0.2, 0) is 11.2 Å². The number of carbonyl (C=O) groups is 1. The third-order valence-electron chi connectivity index (χ3n) is 3.43. The number of hydrogen-bond donors (Lipinski definition) is 1. The monoisotopic (exact) mass is 346 g/mol. The molecule has 2 aromatic heterocycles. The minimum atomic E-state index is -1.02. The molecule has 0 fully saturated rings. The first-order valence-electron chi connectivity index (χ1n) is 6.86. The summed E-state index contributed by atoms with van der Waals surface area (Å²) < 4.78 is 1.83. The van der Waals surface area contributed by atoms with Gasteiger partial charge in [0.25, 0.3) is 0 Å². The van der Waals surface area contributed by atoms with Gasteiger partial charge in [0.15, 0.2) is 0 Å². The summed E-state index contributed by atoms with van der Waals surface area (Å²) in [5.41, 5.74) is 2.47. The molecule has 1 N–H and O–H groups in total. The maximum atomic E-state index is 10.7. The molecular formula is C17H12Cl2N2O2. The molecule has 0 atom stereocenters. The fourth-order valence-electron chi connectivity index (χ4n) is 2.39. The van der Waals surface area contributed by atoms with Crippen molar-refractivity contribution in [2.24, 2.45) is 0 Å². The van der Waals surface area contributed by atoms with Crippen LogP contribution in [0.4, 0.5) is 0 Å². The number of pyridine rings is 1. The number of halogens is 2. The SMILES string of the molecule is O=C(O)/C=C/c1nc(Cc2c(Cl)cccc2Cl)c2ccccn12. The van der Waals surface area contributed by atoms with Gasteiger partial charge in [0.2, 0.25) is 0 Å². The summed E-state index contributed by atoms with van der Waals surface area (Å²) in [6.45, 7) is 0. The highest BCUT2D eigenvalue weighted by Gasteiger charge is 2.13. The molecule has 3 aromatic rings. The number of imidazole rings is 1. The highest BCUT2D eigenvalue weighted by Crippen LogP contribution is 2.28. The molecule has 0 aliphatic carbocycles. The van der Waals surface area contributed by atoms with Crippen molar-refractivity contribution in [1.29, 1.82) is 0 Å². The van der Waals surface area contributed by atoms with Crippen molar-refractivity contribution < 1.29 is 9.90 Å². The molecule has 116 valence electrons. The molecule has 6 heteroatoms. The lowest BCUT2D eigenvalue weighted by molar-refractivity contribution is -0.131.